The van der Waals surface area contributed by atoms with Crippen molar-refractivity contribution in [1.29, 1.82) is 0 Å². The molecule has 1 saturated heterocycles. The number of hydrogen-bond donors (Lipinski definition) is 2. The number of nitrogens with zero attached hydrogens (tertiary/aromatic N) is 1. The van der Waals surface area contributed by atoms with E-state index in [-0.39, 0.29) is 24.9 Å². The van der Waals surface area contributed by atoms with Crippen LogP contribution in [0.25, 0.3) is 0 Å². The van der Waals surface area contributed by atoms with E-state index in [1.54, 1.807) is 11.8 Å². The molecule has 7 heteroatoms. The lowest BCUT2D eigenvalue weighted by molar-refractivity contribution is 0.198. The summed E-state index contributed by atoms with van der Waals surface area (Å²) in [4.78, 5) is 13.8. The van der Waals surface area contributed by atoms with Crippen LogP contribution in [-0.4, -0.2) is 43.4 Å². The third kappa shape index (κ3) is 3.10. The minimum Gasteiger partial charge on any atom is -0.334 e. The molecule has 2 aliphatic rings. The first-order chi connectivity index (χ1) is 10.5. The summed E-state index contributed by atoms with van der Waals surface area (Å²) < 4.78 is 23.3. The van der Waals surface area contributed by atoms with Gasteiger partial charge < -0.3 is 15.5 Å². The number of fused-ring (bicyclic) bond motifs is 1. The maximum absolute atomic E-state index is 12.2. The van der Waals surface area contributed by atoms with Crippen molar-refractivity contribution in [3.63, 3.8) is 0 Å². The molecule has 0 saturated carbocycles. The van der Waals surface area contributed by atoms with Gasteiger partial charge in [-0.2, -0.15) is 0 Å². The highest BCUT2D eigenvalue weighted by molar-refractivity contribution is 7.92. The fraction of sp³-hybridized carbons (Fsp3) is 0.533. The van der Waals surface area contributed by atoms with E-state index >= 15 is 0 Å². The minimum atomic E-state index is -3.03. The van der Waals surface area contributed by atoms with Crippen LogP contribution in [0.1, 0.15) is 23.6 Å². The van der Waals surface area contributed by atoms with Crippen molar-refractivity contribution in [2.24, 2.45) is 0 Å². The Balaban J connectivity index is 1.57. The average molecular weight is 323 g/mol. The molecule has 0 aliphatic carbocycles. The van der Waals surface area contributed by atoms with Crippen LogP contribution in [0.4, 0.5) is 4.79 Å². The van der Waals surface area contributed by atoms with Crippen LogP contribution in [0, 0.1) is 0 Å². The highest BCUT2D eigenvalue weighted by atomic mass is 32.2. The number of hydrogen-bond acceptors (Lipinski definition) is 4. The summed E-state index contributed by atoms with van der Waals surface area (Å²) in [5, 5.41) is 5.68. The lowest BCUT2D eigenvalue weighted by atomic mass is 10.1. The maximum atomic E-state index is 12.2. The van der Waals surface area contributed by atoms with Gasteiger partial charge in [-0.15, -0.1) is 0 Å². The molecule has 2 amide bonds. The Morgan fingerprint density at radius 1 is 1.36 bits per heavy atom. The summed E-state index contributed by atoms with van der Waals surface area (Å²) in [5.41, 5.74) is 3.66. The summed E-state index contributed by atoms with van der Waals surface area (Å²) in [6, 6.07) is 6.03. The van der Waals surface area contributed by atoms with Crippen molar-refractivity contribution >= 4 is 15.9 Å². The molecular weight excluding hydrogens is 302 g/mol. The van der Waals surface area contributed by atoms with Crippen molar-refractivity contribution < 1.29 is 13.2 Å². The molecule has 6 nitrogen and oxygen atoms in total. The summed E-state index contributed by atoms with van der Waals surface area (Å²) in [7, 11) is -3.03. The first kappa shape index (κ1) is 15.3. The van der Waals surface area contributed by atoms with E-state index in [0.29, 0.717) is 6.54 Å². The molecular formula is C15H21N3O3S. The molecule has 1 aromatic rings. The summed E-state index contributed by atoms with van der Waals surface area (Å²) in [6.07, 6.45) is 0. The number of rotatable bonds is 2. The van der Waals surface area contributed by atoms with Crippen LogP contribution in [0.15, 0.2) is 18.2 Å². The topological polar surface area (TPSA) is 78.5 Å². The highest BCUT2D eigenvalue weighted by Gasteiger charge is 2.31. The van der Waals surface area contributed by atoms with Crippen LogP contribution in [0.3, 0.4) is 0 Å². The Hall–Kier alpha value is -1.60. The quantitative estimate of drug-likeness (QED) is 0.836. The average Bonchev–Trinajstić information content (AvgIpc) is 2.95. The SMILES string of the molecule is C[C@H]1CN(C(=O)NCc2ccc3c(c2)CNC3)CCS1(=O)=O. The van der Waals surface area contributed by atoms with E-state index in [1.165, 1.54) is 11.1 Å². The van der Waals surface area contributed by atoms with Gasteiger partial charge in [-0.25, -0.2) is 13.2 Å². The van der Waals surface area contributed by atoms with Gasteiger partial charge in [0.1, 0.15) is 0 Å². The smallest absolute Gasteiger partial charge is 0.317 e. The molecule has 0 aromatic heterocycles. The molecule has 0 unspecified atom stereocenters. The Morgan fingerprint density at radius 3 is 2.91 bits per heavy atom. The zero-order valence-electron chi connectivity index (χ0n) is 12.6. The van der Waals surface area contributed by atoms with Crippen LogP contribution in [-0.2, 0) is 29.5 Å². The third-order valence-corrected chi connectivity index (χ3v) is 6.50. The molecule has 2 heterocycles. The van der Waals surface area contributed by atoms with Gasteiger partial charge in [0.25, 0.3) is 0 Å². The monoisotopic (exact) mass is 323 g/mol. The molecule has 120 valence electrons. The van der Waals surface area contributed by atoms with Gasteiger partial charge in [-0.3, -0.25) is 0 Å². The zero-order chi connectivity index (χ0) is 15.7. The standard InChI is InChI=1S/C15H21N3O3S/c1-11-10-18(4-5-22(11,20)21)15(19)17-7-12-2-3-13-8-16-9-14(13)6-12/h2-3,6,11,16H,4-5,7-10H2,1H3,(H,17,19)/t11-/m0/s1. The molecule has 2 N–H and O–H groups in total. The number of carbonyl (C=O) groups excluding carboxylic acids is 1. The molecule has 0 radical (unpaired) electrons. The molecule has 0 spiro atoms. The molecule has 0 bridgehead atoms. The summed E-state index contributed by atoms with van der Waals surface area (Å²) in [6.45, 7) is 4.43. The molecule has 1 aromatic carbocycles. The Kier molecular flexibility index (Phi) is 4.10. The number of urea groups is 1. The van der Waals surface area contributed by atoms with Gasteiger partial charge in [0.05, 0.1) is 11.0 Å². The summed E-state index contributed by atoms with van der Waals surface area (Å²) in [5.74, 6) is 0.0477. The van der Waals surface area contributed by atoms with Gasteiger partial charge in [0.2, 0.25) is 0 Å². The van der Waals surface area contributed by atoms with E-state index in [2.05, 4.69) is 22.8 Å². The number of amides is 2. The van der Waals surface area contributed by atoms with Crippen molar-refractivity contribution in [3.8, 4) is 0 Å². The van der Waals surface area contributed by atoms with Crippen LogP contribution >= 0.6 is 0 Å². The Morgan fingerprint density at radius 2 is 2.14 bits per heavy atom. The number of sulfone groups is 1. The van der Waals surface area contributed by atoms with E-state index in [1.807, 2.05) is 6.07 Å². The highest BCUT2D eigenvalue weighted by Crippen LogP contribution is 2.17. The van der Waals surface area contributed by atoms with E-state index in [9.17, 15) is 13.2 Å². The van der Waals surface area contributed by atoms with Gasteiger partial charge >= 0.3 is 6.03 Å². The molecule has 3 rings (SSSR count). The van der Waals surface area contributed by atoms with Crippen molar-refractivity contribution in [2.45, 2.75) is 31.8 Å². The first-order valence-electron chi connectivity index (χ1n) is 7.51. The maximum Gasteiger partial charge on any atom is 0.317 e. The largest absolute Gasteiger partial charge is 0.334 e. The van der Waals surface area contributed by atoms with E-state index < -0.39 is 15.1 Å². The van der Waals surface area contributed by atoms with Gasteiger partial charge in [-0.1, -0.05) is 18.2 Å². The van der Waals surface area contributed by atoms with E-state index in [4.69, 9.17) is 0 Å². The number of carbonyl (C=O) groups is 1. The van der Waals surface area contributed by atoms with Crippen LogP contribution < -0.4 is 10.6 Å². The van der Waals surface area contributed by atoms with Crippen molar-refractivity contribution in [3.05, 3.63) is 34.9 Å². The molecule has 2 aliphatic heterocycles. The normalized spacial score (nSPS) is 23.1. The Bertz CT molecular complexity index is 687. The number of nitrogens with one attached hydrogen (secondary N) is 2. The second-order valence-corrected chi connectivity index (χ2v) is 8.53. The predicted octanol–water partition coefficient (Wildman–Crippen LogP) is 0.618. The fourth-order valence-electron chi connectivity index (χ4n) is 2.89. The predicted molar refractivity (Wildman–Crippen MR) is 84.0 cm³/mol. The summed E-state index contributed by atoms with van der Waals surface area (Å²) >= 11 is 0. The third-order valence-electron chi connectivity index (χ3n) is 4.37. The minimum absolute atomic E-state index is 0.0477. The van der Waals surface area contributed by atoms with Crippen LogP contribution in [0.5, 0.6) is 0 Å². The van der Waals surface area contributed by atoms with E-state index in [0.717, 1.165) is 18.7 Å². The lowest BCUT2D eigenvalue weighted by Crippen LogP contribution is -2.51. The molecule has 22 heavy (non-hydrogen) atoms. The second kappa shape index (κ2) is 5.89. The number of benzene rings is 1. The van der Waals surface area contributed by atoms with Crippen LogP contribution in [0.2, 0.25) is 0 Å². The zero-order valence-corrected chi connectivity index (χ0v) is 13.4. The van der Waals surface area contributed by atoms with Gasteiger partial charge in [-0.05, 0) is 23.6 Å². The van der Waals surface area contributed by atoms with Gasteiger partial charge in [0, 0.05) is 32.7 Å². The lowest BCUT2D eigenvalue weighted by Gasteiger charge is -2.30. The molecule has 1 atom stereocenters. The Labute approximate surface area is 130 Å². The molecule has 1 fully saturated rings. The second-order valence-electron chi connectivity index (χ2n) is 5.99. The van der Waals surface area contributed by atoms with Crippen molar-refractivity contribution in [2.75, 3.05) is 18.8 Å². The van der Waals surface area contributed by atoms with Crippen molar-refractivity contribution in [1.82, 2.24) is 15.5 Å². The fourth-order valence-corrected chi connectivity index (χ4v) is 4.17. The first-order valence-corrected chi connectivity index (χ1v) is 9.23. The van der Waals surface area contributed by atoms with Gasteiger partial charge in [0.15, 0.2) is 9.84 Å².